The second kappa shape index (κ2) is 8.05. The van der Waals surface area contributed by atoms with Crippen LogP contribution in [0, 0.1) is 17.8 Å². The minimum atomic E-state index is 0.272. The van der Waals surface area contributed by atoms with Crippen LogP contribution in [-0.4, -0.2) is 27.7 Å². The fraction of sp³-hybridized carbons (Fsp3) is 0.545. The maximum atomic E-state index is 5.82. The maximum absolute atomic E-state index is 5.82. The summed E-state index contributed by atoms with van der Waals surface area (Å²) >= 11 is 0. The first-order valence-corrected chi connectivity index (χ1v) is 9.98. The number of nitrogens with zero attached hydrogens (tertiary/aromatic N) is 3. The normalized spacial score (nSPS) is 19.8. The zero-order valence-electron chi connectivity index (χ0n) is 15.6. The summed E-state index contributed by atoms with van der Waals surface area (Å²) in [6.07, 6.45) is 10.5. The van der Waals surface area contributed by atoms with Gasteiger partial charge in [-0.25, -0.2) is 4.68 Å². The van der Waals surface area contributed by atoms with Gasteiger partial charge in [-0.2, -0.15) is 0 Å². The maximum Gasteiger partial charge on any atom is 0.113 e. The molecule has 0 amide bonds. The summed E-state index contributed by atoms with van der Waals surface area (Å²) in [5, 5.41) is 8.77. The first-order valence-electron chi connectivity index (χ1n) is 9.98. The van der Waals surface area contributed by atoms with E-state index >= 15 is 0 Å². The molecule has 0 bridgehead atoms. The van der Waals surface area contributed by atoms with E-state index in [-0.39, 0.29) is 6.10 Å². The molecule has 2 aliphatic rings. The molecule has 0 N–H and O–H groups in total. The largest absolute Gasteiger partial charge is 0.376 e. The lowest BCUT2D eigenvalue weighted by molar-refractivity contribution is 0.00370. The van der Waals surface area contributed by atoms with Crippen molar-refractivity contribution in [3.8, 4) is 23.1 Å². The molecule has 1 aliphatic heterocycles. The summed E-state index contributed by atoms with van der Waals surface area (Å²) < 4.78 is 7.75. The highest BCUT2D eigenvalue weighted by atomic mass is 16.5. The number of hydrogen-bond acceptors (Lipinski definition) is 3. The molecule has 0 spiro atoms. The van der Waals surface area contributed by atoms with Gasteiger partial charge < -0.3 is 4.74 Å². The van der Waals surface area contributed by atoms with Crippen molar-refractivity contribution >= 4 is 0 Å². The van der Waals surface area contributed by atoms with Gasteiger partial charge in [0.2, 0.25) is 0 Å². The molecule has 0 radical (unpaired) electrons. The number of aryl methyl sites for hydroxylation is 1. The van der Waals surface area contributed by atoms with E-state index in [0.29, 0.717) is 5.92 Å². The lowest BCUT2D eigenvalue weighted by atomic mass is 9.98. The standard InChI is InChI=1S/C22H27N3O/c1-2-5-19-14-18(10-9-17-7-8-17)11-12-21(19)22-16-25(24-23-22)15-20-6-3-4-13-26-20/h11-12,14,16-17,20H,2-8,13,15H2,1H3. The van der Waals surface area contributed by atoms with Crippen LogP contribution in [-0.2, 0) is 17.7 Å². The number of benzene rings is 1. The highest BCUT2D eigenvalue weighted by Gasteiger charge is 2.18. The second-order valence-corrected chi connectivity index (χ2v) is 7.48. The Balaban J connectivity index is 1.53. The molecule has 26 heavy (non-hydrogen) atoms. The van der Waals surface area contributed by atoms with E-state index < -0.39 is 0 Å². The Kier molecular flexibility index (Phi) is 5.36. The molecule has 136 valence electrons. The summed E-state index contributed by atoms with van der Waals surface area (Å²) in [7, 11) is 0. The fourth-order valence-corrected chi connectivity index (χ4v) is 3.48. The molecule has 4 heteroatoms. The van der Waals surface area contributed by atoms with E-state index in [1.54, 1.807) is 0 Å². The van der Waals surface area contributed by atoms with E-state index in [1.807, 2.05) is 4.68 Å². The first-order chi connectivity index (χ1) is 12.8. The Hall–Kier alpha value is -2.12. The molecule has 1 atom stereocenters. The zero-order valence-corrected chi connectivity index (χ0v) is 15.6. The average molecular weight is 349 g/mol. The van der Waals surface area contributed by atoms with Crippen molar-refractivity contribution in [2.24, 2.45) is 5.92 Å². The van der Waals surface area contributed by atoms with E-state index in [9.17, 15) is 0 Å². The van der Waals surface area contributed by atoms with Gasteiger partial charge in [-0.1, -0.05) is 36.5 Å². The molecule has 1 unspecified atom stereocenters. The summed E-state index contributed by atoms with van der Waals surface area (Å²) in [5.41, 5.74) is 4.56. The Morgan fingerprint density at radius 3 is 2.92 bits per heavy atom. The molecule has 2 fully saturated rings. The van der Waals surface area contributed by atoms with Crippen LogP contribution in [0.4, 0.5) is 0 Å². The minimum Gasteiger partial charge on any atom is -0.376 e. The van der Waals surface area contributed by atoms with Gasteiger partial charge in [0, 0.05) is 23.7 Å². The SMILES string of the molecule is CCCc1cc(C#CC2CC2)ccc1-c1cn(CC2CCCCO2)nn1. The quantitative estimate of drug-likeness (QED) is 0.759. The third kappa shape index (κ3) is 4.34. The Labute approximate surface area is 155 Å². The monoisotopic (exact) mass is 349 g/mol. The van der Waals surface area contributed by atoms with Gasteiger partial charge in [-0.05, 0) is 56.2 Å². The predicted octanol–water partition coefficient (Wildman–Crippen LogP) is 4.23. The highest BCUT2D eigenvalue weighted by Crippen LogP contribution is 2.28. The minimum absolute atomic E-state index is 0.272. The third-order valence-electron chi connectivity index (χ3n) is 5.10. The van der Waals surface area contributed by atoms with Gasteiger partial charge in [0.05, 0.1) is 18.8 Å². The second-order valence-electron chi connectivity index (χ2n) is 7.48. The Morgan fingerprint density at radius 1 is 1.23 bits per heavy atom. The number of rotatable bonds is 5. The number of hydrogen-bond donors (Lipinski definition) is 0. The lowest BCUT2D eigenvalue weighted by Crippen LogP contribution is -2.24. The molecule has 1 saturated carbocycles. The molecule has 4 rings (SSSR count). The van der Waals surface area contributed by atoms with E-state index in [1.165, 1.54) is 36.8 Å². The Bertz CT molecular complexity index is 804. The van der Waals surface area contributed by atoms with Crippen molar-refractivity contribution in [1.82, 2.24) is 15.0 Å². The van der Waals surface area contributed by atoms with Gasteiger partial charge in [0.15, 0.2) is 0 Å². The van der Waals surface area contributed by atoms with Crippen LogP contribution in [0.15, 0.2) is 24.4 Å². The van der Waals surface area contributed by atoms with Crippen molar-refractivity contribution in [1.29, 1.82) is 0 Å². The first kappa shape index (κ1) is 17.3. The number of aromatic nitrogens is 3. The lowest BCUT2D eigenvalue weighted by Gasteiger charge is -2.21. The van der Waals surface area contributed by atoms with Crippen LogP contribution in [0.25, 0.3) is 11.3 Å². The van der Waals surface area contributed by atoms with Gasteiger partial charge in [0.1, 0.15) is 5.69 Å². The molecule has 1 aromatic carbocycles. The van der Waals surface area contributed by atoms with Gasteiger partial charge in [-0.3, -0.25) is 0 Å². The van der Waals surface area contributed by atoms with Crippen molar-refractivity contribution in [3.63, 3.8) is 0 Å². The van der Waals surface area contributed by atoms with E-state index in [2.05, 4.69) is 53.5 Å². The smallest absolute Gasteiger partial charge is 0.113 e. The van der Waals surface area contributed by atoms with Crippen LogP contribution in [0.2, 0.25) is 0 Å². The van der Waals surface area contributed by atoms with Crippen LogP contribution in [0.1, 0.15) is 56.6 Å². The zero-order chi connectivity index (χ0) is 17.8. The van der Waals surface area contributed by atoms with Crippen molar-refractivity contribution in [2.75, 3.05) is 6.61 Å². The molecule has 2 aromatic rings. The van der Waals surface area contributed by atoms with Gasteiger partial charge in [-0.15, -0.1) is 5.10 Å². The summed E-state index contributed by atoms with van der Waals surface area (Å²) in [6.45, 7) is 3.88. The Morgan fingerprint density at radius 2 is 2.15 bits per heavy atom. The highest BCUT2D eigenvalue weighted by molar-refractivity contribution is 5.64. The van der Waals surface area contributed by atoms with Crippen LogP contribution < -0.4 is 0 Å². The predicted molar refractivity (Wildman–Crippen MR) is 103 cm³/mol. The fourth-order valence-electron chi connectivity index (χ4n) is 3.48. The molecule has 1 aromatic heterocycles. The molecule has 1 saturated heterocycles. The van der Waals surface area contributed by atoms with Crippen LogP contribution in [0.5, 0.6) is 0 Å². The van der Waals surface area contributed by atoms with Crippen LogP contribution >= 0.6 is 0 Å². The van der Waals surface area contributed by atoms with Gasteiger partial charge in [0.25, 0.3) is 0 Å². The average Bonchev–Trinajstić information content (AvgIpc) is 3.39. The van der Waals surface area contributed by atoms with Crippen molar-refractivity contribution in [2.45, 2.75) is 64.5 Å². The summed E-state index contributed by atoms with van der Waals surface area (Å²) in [5.74, 6) is 7.32. The topological polar surface area (TPSA) is 39.9 Å². The number of ether oxygens (including phenoxy) is 1. The molecular weight excluding hydrogens is 322 g/mol. The van der Waals surface area contributed by atoms with E-state index in [4.69, 9.17) is 4.74 Å². The van der Waals surface area contributed by atoms with Crippen LogP contribution in [0.3, 0.4) is 0 Å². The molecular formula is C22H27N3O. The molecule has 2 heterocycles. The molecule has 4 nitrogen and oxygen atoms in total. The molecule has 1 aliphatic carbocycles. The van der Waals surface area contributed by atoms with Crippen molar-refractivity contribution < 1.29 is 4.74 Å². The summed E-state index contributed by atoms with van der Waals surface area (Å²) in [6, 6.07) is 6.51. The summed E-state index contributed by atoms with van der Waals surface area (Å²) in [4.78, 5) is 0. The van der Waals surface area contributed by atoms with Crippen molar-refractivity contribution in [3.05, 3.63) is 35.5 Å². The van der Waals surface area contributed by atoms with Gasteiger partial charge >= 0.3 is 0 Å². The third-order valence-corrected chi connectivity index (χ3v) is 5.10. The van der Waals surface area contributed by atoms with E-state index in [0.717, 1.165) is 43.7 Å².